The molecule has 164 valence electrons. The molecule has 29 heavy (non-hydrogen) atoms. The Morgan fingerprint density at radius 2 is 1.52 bits per heavy atom. The van der Waals surface area contributed by atoms with E-state index in [0.717, 1.165) is 4.90 Å². The molecule has 0 radical (unpaired) electrons. The lowest BCUT2D eigenvalue weighted by molar-refractivity contribution is -0.347. The molecule has 8 heteroatoms. The van der Waals surface area contributed by atoms with Gasteiger partial charge in [0.2, 0.25) is 0 Å². The number of rotatable bonds is 6. The van der Waals surface area contributed by atoms with Crippen LogP contribution in [0.4, 0.5) is 0 Å². The van der Waals surface area contributed by atoms with Crippen molar-refractivity contribution in [2.24, 2.45) is 0 Å². The first-order valence-electron chi connectivity index (χ1n) is 10.4. The minimum absolute atomic E-state index is 0.174. The van der Waals surface area contributed by atoms with Gasteiger partial charge in [-0.1, -0.05) is 30.0 Å². The third-order valence-electron chi connectivity index (χ3n) is 4.58. The quantitative estimate of drug-likeness (QED) is 0.555. The molecule has 2 aliphatic rings. The van der Waals surface area contributed by atoms with Crippen LogP contribution in [0, 0.1) is 0 Å². The van der Waals surface area contributed by atoms with Crippen LogP contribution in [0.3, 0.4) is 0 Å². The predicted octanol–water partition coefficient (Wildman–Crippen LogP) is 5.10. The number of hydrogen-bond acceptors (Lipinski definition) is 6. The van der Waals surface area contributed by atoms with Gasteiger partial charge in [-0.3, -0.25) is 0 Å². The zero-order valence-electron chi connectivity index (χ0n) is 18.9. The fourth-order valence-electron chi connectivity index (χ4n) is 3.60. The minimum atomic E-state index is -1.86. The first-order valence-corrected chi connectivity index (χ1v) is 18.1. The van der Waals surface area contributed by atoms with Gasteiger partial charge >= 0.3 is 0 Å². The van der Waals surface area contributed by atoms with Crippen molar-refractivity contribution in [1.29, 1.82) is 0 Å². The molecule has 0 spiro atoms. The molecule has 2 aliphatic heterocycles. The molecule has 2 fully saturated rings. The smallest absolute Gasteiger partial charge is 0.184 e. The van der Waals surface area contributed by atoms with E-state index in [4.69, 9.17) is 23.1 Å². The largest absolute Gasteiger partial charge is 0.409 e. The van der Waals surface area contributed by atoms with Crippen molar-refractivity contribution in [3.05, 3.63) is 30.3 Å². The third-order valence-corrected chi connectivity index (χ3v) is 7.70. The maximum atomic E-state index is 6.73. The van der Waals surface area contributed by atoms with Crippen LogP contribution in [0.1, 0.15) is 13.8 Å². The van der Waals surface area contributed by atoms with Crippen molar-refractivity contribution < 1.29 is 23.1 Å². The van der Waals surface area contributed by atoms with Crippen LogP contribution in [-0.4, -0.2) is 58.9 Å². The highest BCUT2D eigenvalue weighted by Crippen LogP contribution is 2.41. The van der Waals surface area contributed by atoms with E-state index in [1.165, 1.54) is 0 Å². The monoisotopic (exact) mass is 456 g/mol. The van der Waals surface area contributed by atoms with Gasteiger partial charge in [0, 0.05) is 4.90 Å². The standard InChI is InChI=1S/C21H36O5SSi2/c1-21(2)22-14-16-17(24-21)18(25-28(3,4)5)19(26-29(6,7)8)20(23-16)27-15-12-10-9-11-13-15/h9-13,16-20H,14H2,1-8H3/t16-,17-,18+,19+,20+/m1/s1. The lowest BCUT2D eigenvalue weighted by Crippen LogP contribution is -2.67. The second-order valence-electron chi connectivity index (χ2n) is 10.2. The summed E-state index contributed by atoms with van der Waals surface area (Å²) in [5.41, 5.74) is -0.180. The minimum Gasteiger partial charge on any atom is -0.409 e. The zero-order valence-corrected chi connectivity index (χ0v) is 21.7. The fourth-order valence-corrected chi connectivity index (χ4v) is 6.99. The zero-order chi connectivity index (χ0) is 21.4. The van der Waals surface area contributed by atoms with E-state index in [1.807, 2.05) is 32.0 Å². The Kier molecular flexibility index (Phi) is 7.07. The fraction of sp³-hybridized carbons (Fsp3) is 0.714. The molecule has 3 rings (SSSR count). The van der Waals surface area contributed by atoms with Crippen molar-refractivity contribution in [3.8, 4) is 0 Å². The van der Waals surface area contributed by atoms with Gasteiger partial charge in [0.05, 0.1) is 6.61 Å². The highest BCUT2D eigenvalue weighted by atomic mass is 32.2. The van der Waals surface area contributed by atoms with E-state index in [-0.39, 0.29) is 29.9 Å². The Balaban J connectivity index is 1.95. The highest BCUT2D eigenvalue weighted by Gasteiger charge is 2.54. The van der Waals surface area contributed by atoms with Crippen LogP contribution >= 0.6 is 11.8 Å². The van der Waals surface area contributed by atoms with E-state index in [1.54, 1.807) is 11.8 Å². The molecule has 0 aliphatic carbocycles. The number of thioether (sulfide) groups is 1. The average Bonchev–Trinajstić information content (AvgIpc) is 2.57. The molecule has 2 saturated heterocycles. The van der Waals surface area contributed by atoms with Gasteiger partial charge in [-0.2, -0.15) is 0 Å². The first kappa shape index (κ1) is 23.5. The van der Waals surface area contributed by atoms with Gasteiger partial charge in [0.15, 0.2) is 22.4 Å². The Morgan fingerprint density at radius 1 is 0.931 bits per heavy atom. The van der Waals surface area contributed by atoms with Crippen LogP contribution in [0.25, 0.3) is 0 Å². The Morgan fingerprint density at radius 3 is 2.10 bits per heavy atom. The van der Waals surface area contributed by atoms with Crippen molar-refractivity contribution in [2.75, 3.05) is 6.61 Å². The van der Waals surface area contributed by atoms with Crippen LogP contribution in [-0.2, 0) is 23.1 Å². The maximum Gasteiger partial charge on any atom is 0.184 e. The summed E-state index contributed by atoms with van der Waals surface area (Å²) in [5, 5.41) is 0. The van der Waals surface area contributed by atoms with Gasteiger partial charge in [0.1, 0.15) is 29.9 Å². The molecule has 5 atom stereocenters. The summed E-state index contributed by atoms with van der Waals surface area (Å²) in [4.78, 5) is 1.16. The first-order chi connectivity index (χ1) is 13.3. The summed E-state index contributed by atoms with van der Waals surface area (Å²) in [6.07, 6.45) is -0.767. The molecular weight excluding hydrogens is 420 g/mol. The summed E-state index contributed by atoms with van der Waals surface area (Å²) in [6.45, 7) is 17.7. The topological polar surface area (TPSA) is 46.2 Å². The van der Waals surface area contributed by atoms with E-state index in [0.29, 0.717) is 6.61 Å². The van der Waals surface area contributed by atoms with Gasteiger partial charge < -0.3 is 23.1 Å². The molecule has 1 aromatic rings. The summed E-state index contributed by atoms with van der Waals surface area (Å²) in [7, 11) is -3.71. The molecule has 0 bridgehead atoms. The SMILES string of the molecule is CC1(C)OC[C@H]2O[C@@H](Sc3ccccc3)[C@@H](O[Si](C)(C)C)[C@@H](O[Si](C)(C)C)[C@@H]2O1. The molecule has 0 aromatic heterocycles. The molecule has 0 unspecified atom stereocenters. The van der Waals surface area contributed by atoms with E-state index in [9.17, 15) is 0 Å². The van der Waals surface area contributed by atoms with Crippen molar-refractivity contribution in [1.82, 2.24) is 0 Å². The molecule has 5 nitrogen and oxygen atoms in total. The number of benzene rings is 1. The van der Waals surface area contributed by atoms with Gasteiger partial charge in [-0.15, -0.1) is 0 Å². The van der Waals surface area contributed by atoms with Crippen molar-refractivity contribution in [2.45, 2.75) is 93.7 Å². The molecular formula is C21H36O5SSi2. The maximum absolute atomic E-state index is 6.73. The Hall–Kier alpha value is -0.196. The van der Waals surface area contributed by atoms with E-state index >= 15 is 0 Å². The van der Waals surface area contributed by atoms with Crippen LogP contribution in [0.15, 0.2) is 35.2 Å². The molecule has 0 amide bonds. The lowest BCUT2D eigenvalue weighted by Gasteiger charge is -2.53. The Bertz CT molecular complexity index is 674. The van der Waals surface area contributed by atoms with Crippen molar-refractivity contribution in [3.63, 3.8) is 0 Å². The van der Waals surface area contributed by atoms with E-state index in [2.05, 4.69) is 51.4 Å². The number of ether oxygens (including phenoxy) is 3. The lowest BCUT2D eigenvalue weighted by atomic mass is 9.98. The number of fused-ring (bicyclic) bond motifs is 1. The van der Waals surface area contributed by atoms with Crippen LogP contribution in [0.2, 0.25) is 39.3 Å². The molecule has 0 N–H and O–H groups in total. The van der Waals surface area contributed by atoms with Crippen LogP contribution < -0.4 is 0 Å². The molecule has 1 aromatic carbocycles. The van der Waals surface area contributed by atoms with Gasteiger partial charge in [-0.05, 0) is 65.3 Å². The van der Waals surface area contributed by atoms with Gasteiger partial charge in [-0.25, -0.2) is 0 Å². The van der Waals surface area contributed by atoms with Crippen LogP contribution in [0.5, 0.6) is 0 Å². The average molecular weight is 457 g/mol. The normalized spacial score (nSPS) is 32.6. The summed E-state index contributed by atoms with van der Waals surface area (Å²) < 4.78 is 32.2. The highest BCUT2D eigenvalue weighted by molar-refractivity contribution is 7.99. The van der Waals surface area contributed by atoms with E-state index < -0.39 is 22.4 Å². The second kappa shape index (κ2) is 8.74. The third kappa shape index (κ3) is 6.64. The Labute approximate surface area is 182 Å². The summed E-state index contributed by atoms with van der Waals surface area (Å²) >= 11 is 1.70. The number of hydrogen-bond donors (Lipinski definition) is 0. The van der Waals surface area contributed by atoms with Crippen molar-refractivity contribution >= 4 is 28.4 Å². The summed E-state index contributed by atoms with van der Waals surface area (Å²) in [6, 6.07) is 10.3. The predicted molar refractivity (Wildman–Crippen MR) is 122 cm³/mol. The second-order valence-corrected chi connectivity index (χ2v) is 20.2. The summed E-state index contributed by atoms with van der Waals surface area (Å²) in [5.74, 6) is -0.658. The molecule has 2 heterocycles. The van der Waals surface area contributed by atoms with Gasteiger partial charge in [0.25, 0.3) is 0 Å². The molecule has 0 saturated carbocycles.